The molecule has 0 aliphatic carbocycles. The molecule has 0 saturated carbocycles. The van der Waals surface area contributed by atoms with Crippen LogP contribution in [0.2, 0.25) is 0 Å². The Morgan fingerprint density at radius 1 is 1.10 bits per heavy atom. The van der Waals surface area contributed by atoms with E-state index in [1.807, 2.05) is 13.8 Å². The van der Waals surface area contributed by atoms with Crippen LogP contribution in [0.4, 0.5) is 0 Å². The summed E-state index contributed by atoms with van der Waals surface area (Å²) >= 11 is 0. The molecule has 0 amide bonds. The van der Waals surface area contributed by atoms with Gasteiger partial charge in [0.15, 0.2) is 17.3 Å². The average molecular weight is 396 g/mol. The molecular weight excluding hydrogens is 372 g/mol. The van der Waals surface area contributed by atoms with Gasteiger partial charge in [0.2, 0.25) is 5.78 Å². The van der Waals surface area contributed by atoms with Gasteiger partial charge in [-0.25, -0.2) is 0 Å². The Morgan fingerprint density at radius 2 is 1.86 bits per heavy atom. The Balaban J connectivity index is 1.98. The van der Waals surface area contributed by atoms with Crippen molar-refractivity contribution in [3.63, 3.8) is 0 Å². The van der Waals surface area contributed by atoms with E-state index >= 15 is 0 Å². The molecule has 2 aromatic rings. The van der Waals surface area contributed by atoms with Crippen molar-refractivity contribution in [2.75, 3.05) is 13.2 Å². The molecule has 29 heavy (non-hydrogen) atoms. The number of allylic oxidation sites excluding steroid dienone is 1. The SMILES string of the molecule is CCOc1ccc2c(c1)O/C(=C\c1cccc(OCC)c1OC(=O)C(C)C)C2=O. The second kappa shape index (κ2) is 8.82. The lowest BCUT2D eigenvalue weighted by atomic mass is 10.1. The van der Waals surface area contributed by atoms with Gasteiger partial charge in [0.05, 0.1) is 24.7 Å². The van der Waals surface area contributed by atoms with Crippen LogP contribution >= 0.6 is 0 Å². The molecule has 6 heteroatoms. The summed E-state index contributed by atoms with van der Waals surface area (Å²) in [6, 6.07) is 10.3. The molecule has 3 rings (SSSR count). The van der Waals surface area contributed by atoms with Gasteiger partial charge in [0, 0.05) is 11.6 Å². The number of Topliss-reactive ketones (excluding diaryl/α,β-unsaturated/α-hetero) is 1. The van der Waals surface area contributed by atoms with E-state index in [9.17, 15) is 9.59 Å². The molecule has 152 valence electrons. The lowest BCUT2D eigenvalue weighted by Crippen LogP contribution is -2.16. The topological polar surface area (TPSA) is 71.1 Å². The van der Waals surface area contributed by atoms with Crippen LogP contribution in [-0.2, 0) is 4.79 Å². The van der Waals surface area contributed by atoms with Gasteiger partial charge in [0.25, 0.3) is 0 Å². The quantitative estimate of drug-likeness (QED) is 0.385. The summed E-state index contributed by atoms with van der Waals surface area (Å²) in [6.07, 6.45) is 1.56. The molecule has 0 bridgehead atoms. The van der Waals surface area contributed by atoms with Gasteiger partial charge >= 0.3 is 5.97 Å². The Morgan fingerprint density at radius 3 is 2.55 bits per heavy atom. The molecule has 0 spiro atoms. The summed E-state index contributed by atoms with van der Waals surface area (Å²) in [7, 11) is 0. The molecule has 2 aromatic carbocycles. The monoisotopic (exact) mass is 396 g/mol. The number of benzene rings is 2. The highest BCUT2D eigenvalue weighted by molar-refractivity contribution is 6.14. The molecule has 1 aliphatic heterocycles. The largest absolute Gasteiger partial charge is 0.494 e. The third-order valence-electron chi connectivity index (χ3n) is 4.22. The number of hydrogen-bond donors (Lipinski definition) is 0. The van der Waals surface area contributed by atoms with E-state index in [1.54, 1.807) is 56.3 Å². The van der Waals surface area contributed by atoms with Gasteiger partial charge in [-0.3, -0.25) is 9.59 Å². The van der Waals surface area contributed by atoms with Crippen LogP contribution in [0.1, 0.15) is 43.6 Å². The van der Waals surface area contributed by atoms with Gasteiger partial charge in [-0.1, -0.05) is 26.0 Å². The molecule has 0 aromatic heterocycles. The van der Waals surface area contributed by atoms with Crippen LogP contribution in [0.3, 0.4) is 0 Å². The number of ether oxygens (including phenoxy) is 4. The third kappa shape index (κ3) is 4.42. The highest BCUT2D eigenvalue weighted by atomic mass is 16.6. The lowest BCUT2D eigenvalue weighted by Gasteiger charge is -2.14. The van der Waals surface area contributed by atoms with Crippen molar-refractivity contribution >= 4 is 17.8 Å². The first-order valence-corrected chi connectivity index (χ1v) is 9.63. The summed E-state index contributed by atoms with van der Waals surface area (Å²) in [5.41, 5.74) is 0.979. The van der Waals surface area contributed by atoms with Crippen molar-refractivity contribution in [2.24, 2.45) is 5.92 Å². The number of fused-ring (bicyclic) bond motifs is 1. The standard InChI is InChI=1S/C23H24O6/c1-5-26-16-10-11-17-19(13-16)28-20(21(17)24)12-15-8-7-9-18(27-6-2)22(15)29-23(25)14(3)4/h7-14H,5-6H2,1-4H3/b20-12-. The zero-order chi connectivity index (χ0) is 21.0. The van der Waals surface area contributed by atoms with E-state index in [-0.39, 0.29) is 29.2 Å². The van der Waals surface area contributed by atoms with Crippen LogP contribution in [0.15, 0.2) is 42.2 Å². The maximum Gasteiger partial charge on any atom is 0.313 e. The molecule has 0 atom stereocenters. The number of esters is 1. The van der Waals surface area contributed by atoms with E-state index in [1.165, 1.54) is 0 Å². The zero-order valence-electron chi connectivity index (χ0n) is 17.0. The van der Waals surface area contributed by atoms with Crippen LogP contribution in [0.5, 0.6) is 23.0 Å². The molecular formula is C23H24O6. The summed E-state index contributed by atoms with van der Waals surface area (Å²) in [5.74, 6) is 0.963. The van der Waals surface area contributed by atoms with E-state index in [0.29, 0.717) is 41.6 Å². The summed E-state index contributed by atoms with van der Waals surface area (Å²) in [4.78, 5) is 24.9. The van der Waals surface area contributed by atoms with Gasteiger partial charge < -0.3 is 18.9 Å². The van der Waals surface area contributed by atoms with E-state index in [2.05, 4.69) is 0 Å². The predicted molar refractivity (Wildman–Crippen MR) is 109 cm³/mol. The molecule has 1 heterocycles. The fraction of sp³-hybridized carbons (Fsp3) is 0.304. The Hall–Kier alpha value is -3.28. The van der Waals surface area contributed by atoms with Gasteiger partial charge in [-0.05, 0) is 38.1 Å². The number of ketones is 1. The number of carbonyl (C=O) groups excluding carboxylic acids is 2. The minimum atomic E-state index is -0.389. The normalized spacial score (nSPS) is 14.0. The zero-order valence-corrected chi connectivity index (χ0v) is 17.0. The third-order valence-corrected chi connectivity index (χ3v) is 4.22. The maximum absolute atomic E-state index is 12.7. The summed E-state index contributed by atoms with van der Waals surface area (Å²) in [6.45, 7) is 8.16. The Kier molecular flexibility index (Phi) is 6.22. The van der Waals surface area contributed by atoms with Crippen molar-refractivity contribution in [2.45, 2.75) is 27.7 Å². The molecule has 1 aliphatic rings. The molecule has 0 radical (unpaired) electrons. The van der Waals surface area contributed by atoms with Crippen molar-refractivity contribution in [1.29, 1.82) is 0 Å². The fourth-order valence-corrected chi connectivity index (χ4v) is 2.81. The van der Waals surface area contributed by atoms with Crippen LogP contribution < -0.4 is 18.9 Å². The van der Waals surface area contributed by atoms with E-state index in [4.69, 9.17) is 18.9 Å². The van der Waals surface area contributed by atoms with Crippen LogP contribution in [0.25, 0.3) is 6.08 Å². The first-order chi connectivity index (χ1) is 13.9. The second-order valence-electron chi connectivity index (χ2n) is 6.71. The summed E-state index contributed by atoms with van der Waals surface area (Å²) in [5, 5.41) is 0. The molecule has 6 nitrogen and oxygen atoms in total. The van der Waals surface area contributed by atoms with Crippen molar-refractivity contribution in [1.82, 2.24) is 0 Å². The molecule has 0 unspecified atom stereocenters. The molecule has 0 fully saturated rings. The minimum Gasteiger partial charge on any atom is -0.494 e. The number of carbonyl (C=O) groups is 2. The van der Waals surface area contributed by atoms with Gasteiger partial charge in [0.1, 0.15) is 11.5 Å². The van der Waals surface area contributed by atoms with E-state index in [0.717, 1.165) is 0 Å². The molecule has 0 saturated heterocycles. The van der Waals surface area contributed by atoms with Crippen molar-refractivity contribution in [3.05, 3.63) is 53.3 Å². The fourth-order valence-electron chi connectivity index (χ4n) is 2.81. The highest BCUT2D eigenvalue weighted by Crippen LogP contribution is 2.38. The van der Waals surface area contributed by atoms with Crippen LogP contribution in [-0.4, -0.2) is 25.0 Å². The minimum absolute atomic E-state index is 0.143. The maximum atomic E-state index is 12.7. The first-order valence-electron chi connectivity index (χ1n) is 9.63. The average Bonchev–Trinajstić information content (AvgIpc) is 2.99. The summed E-state index contributed by atoms with van der Waals surface area (Å²) < 4.78 is 22.4. The highest BCUT2D eigenvalue weighted by Gasteiger charge is 2.28. The Bertz CT molecular complexity index is 958. The Labute approximate surface area is 170 Å². The number of para-hydroxylation sites is 1. The van der Waals surface area contributed by atoms with Gasteiger partial charge in [-0.2, -0.15) is 0 Å². The predicted octanol–water partition coefficient (Wildman–Crippen LogP) is 4.66. The van der Waals surface area contributed by atoms with Crippen molar-refractivity contribution < 1.29 is 28.5 Å². The second-order valence-corrected chi connectivity index (χ2v) is 6.71. The van der Waals surface area contributed by atoms with Crippen molar-refractivity contribution in [3.8, 4) is 23.0 Å². The first kappa shape index (κ1) is 20.5. The van der Waals surface area contributed by atoms with Crippen LogP contribution in [0, 0.1) is 5.92 Å². The van der Waals surface area contributed by atoms with Gasteiger partial charge in [-0.15, -0.1) is 0 Å². The molecule has 0 N–H and O–H groups in total. The lowest BCUT2D eigenvalue weighted by molar-refractivity contribution is -0.137. The number of rotatable bonds is 7. The number of hydrogen-bond acceptors (Lipinski definition) is 6. The smallest absolute Gasteiger partial charge is 0.313 e. The van der Waals surface area contributed by atoms with E-state index < -0.39 is 0 Å².